The van der Waals surface area contributed by atoms with Gasteiger partial charge in [0.2, 0.25) is 0 Å². The standard InChI is InChI=1S/C20H32N4O2/c1-3-5-10-21-19(25)15-23-11-13-24(14-12-23)16-20(26)22-18-9-7-6-8-17(18)4-2/h6-9H,3-5,10-16H2,1-2H3,(H,21,25)(H,22,26)/p+2. The molecule has 0 spiro atoms. The van der Waals surface area contributed by atoms with Crippen LogP contribution >= 0.6 is 0 Å². The summed E-state index contributed by atoms with van der Waals surface area (Å²) >= 11 is 0. The first-order valence-corrected chi connectivity index (χ1v) is 9.94. The van der Waals surface area contributed by atoms with E-state index >= 15 is 0 Å². The van der Waals surface area contributed by atoms with E-state index in [2.05, 4.69) is 30.5 Å². The molecule has 1 aliphatic rings. The zero-order valence-electron chi connectivity index (χ0n) is 16.2. The number of hydrogen-bond donors (Lipinski definition) is 4. The van der Waals surface area contributed by atoms with Gasteiger partial charge in [-0.3, -0.25) is 9.59 Å². The number of quaternary nitrogens is 2. The molecule has 2 rings (SSSR count). The van der Waals surface area contributed by atoms with Crippen molar-refractivity contribution in [1.82, 2.24) is 5.32 Å². The lowest BCUT2D eigenvalue weighted by Crippen LogP contribution is -3.28. The molecular weight excluding hydrogens is 328 g/mol. The van der Waals surface area contributed by atoms with Crippen LogP contribution in [0.1, 0.15) is 32.3 Å². The molecule has 0 aromatic heterocycles. The first kappa shape index (κ1) is 20.4. The highest BCUT2D eigenvalue weighted by molar-refractivity contribution is 5.92. The normalized spacial score (nSPS) is 19.8. The molecule has 6 nitrogen and oxygen atoms in total. The van der Waals surface area contributed by atoms with Crippen LogP contribution in [0.5, 0.6) is 0 Å². The van der Waals surface area contributed by atoms with E-state index in [1.54, 1.807) is 0 Å². The highest BCUT2D eigenvalue weighted by Gasteiger charge is 2.26. The van der Waals surface area contributed by atoms with Gasteiger partial charge in [0.1, 0.15) is 26.2 Å². The number of unbranched alkanes of at least 4 members (excludes halogenated alkanes) is 1. The summed E-state index contributed by atoms with van der Waals surface area (Å²) in [6.07, 6.45) is 3.04. The molecule has 1 aliphatic heterocycles. The number of piperazine rings is 1. The molecule has 1 fully saturated rings. The van der Waals surface area contributed by atoms with E-state index in [4.69, 9.17) is 0 Å². The number of amides is 2. The van der Waals surface area contributed by atoms with Crippen molar-refractivity contribution in [3.05, 3.63) is 29.8 Å². The monoisotopic (exact) mass is 362 g/mol. The Balaban J connectivity index is 1.69. The summed E-state index contributed by atoms with van der Waals surface area (Å²) in [5.41, 5.74) is 2.09. The predicted molar refractivity (Wildman–Crippen MR) is 103 cm³/mol. The number of nitrogens with one attached hydrogen (secondary N) is 4. The van der Waals surface area contributed by atoms with Gasteiger partial charge in [-0.2, -0.15) is 0 Å². The molecule has 2 amide bonds. The number of rotatable bonds is 9. The average Bonchev–Trinajstić information content (AvgIpc) is 2.64. The Kier molecular flexibility index (Phi) is 8.58. The van der Waals surface area contributed by atoms with Crippen molar-refractivity contribution in [1.29, 1.82) is 0 Å². The summed E-state index contributed by atoms with van der Waals surface area (Å²) in [5, 5.41) is 6.03. The third-order valence-corrected chi connectivity index (χ3v) is 5.01. The minimum Gasteiger partial charge on any atom is -0.351 e. The third kappa shape index (κ3) is 6.77. The van der Waals surface area contributed by atoms with E-state index in [-0.39, 0.29) is 11.8 Å². The molecule has 1 heterocycles. The molecule has 1 saturated heterocycles. The molecule has 0 atom stereocenters. The lowest BCUT2D eigenvalue weighted by atomic mass is 10.1. The molecule has 0 unspecified atom stereocenters. The Hall–Kier alpha value is -1.92. The first-order valence-electron chi connectivity index (χ1n) is 9.94. The fourth-order valence-electron chi connectivity index (χ4n) is 3.38. The molecular formula is C20H34N4O2+2. The van der Waals surface area contributed by atoms with Crippen molar-refractivity contribution in [3.8, 4) is 0 Å². The van der Waals surface area contributed by atoms with Gasteiger partial charge in [0, 0.05) is 12.2 Å². The van der Waals surface area contributed by atoms with Crippen LogP contribution in [-0.4, -0.2) is 57.6 Å². The summed E-state index contributed by atoms with van der Waals surface area (Å²) in [6, 6.07) is 7.97. The number of carbonyl (C=O) groups is 2. The number of aryl methyl sites for hydroxylation is 1. The van der Waals surface area contributed by atoms with Gasteiger partial charge < -0.3 is 20.4 Å². The zero-order valence-corrected chi connectivity index (χ0v) is 16.2. The Bertz CT molecular complexity index is 583. The first-order chi connectivity index (χ1) is 12.6. The predicted octanol–water partition coefficient (Wildman–Crippen LogP) is -1.11. The molecule has 0 bridgehead atoms. The fraction of sp³-hybridized carbons (Fsp3) is 0.600. The Morgan fingerprint density at radius 1 is 0.962 bits per heavy atom. The number of carbonyl (C=O) groups excluding carboxylic acids is 2. The van der Waals surface area contributed by atoms with Gasteiger partial charge in [-0.1, -0.05) is 38.5 Å². The molecule has 0 radical (unpaired) electrons. The van der Waals surface area contributed by atoms with E-state index in [9.17, 15) is 9.59 Å². The van der Waals surface area contributed by atoms with Crippen LogP contribution in [0.3, 0.4) is 0 Å². The number of para-hydroxylation sites is 1. The summed E-state index contributed by atoms with van der Waals surface area (Å²) in [6.45, 7) is 9.78. The SMILES string of the molecule is CCCCNC(=O)C[NH+]1CC[NH+](CC(=O)Nc2ccccc2CC)CC1. The Morgan fingerprint density at radius 3 is 2.19 bits per heavy atom. The van der Waals surface area contributed by atoms with Gasteiger partial charge in [0.25, 0.3) is 11.8 Å². The number of hydrogen-bond acceptors (Lipinski definition) is 2. The second kappa shape index (κ2) is 10.9. The van der Waals surface area contributed by atoms with Gasteiger partial charge in [-0.15, -0.1) is 0 Å². The van der Waals surface area contributed by atoms with Crippen LogP contribution in [0.15, 0.2) is 24.3 Å². The largest absolute Gasteiger partial charge is 0.351 e. The third-order valence-electron chi connectivity index (χ3n) is 5.01. The summed E-state index contributed by atoms with van der Waals surface area (Å²) in [5.74, 6) is 0.215. The van der Waals surface area contributed by atoms with Gasteiger partial charge in [-0.25, -0.2) is 0 Å². The second-order valence-corrected chi connectivity index (χ2v) is 7.12. The lowest BCUT2D eigenvalue weighted by molar-refractivity contribution is -1.00. The van der Waals surface area contributed by atoms with Crippen molar-refractivity contribution < 1.29 is 19.4 Å². The second-order valence-electron chi connectivity index (χ2n) is 7.12. The molecule has 4 N–H and O–H groups in total. The molecule has 1 aromatic rings. The van der Waals surface area contributed by atoms with Crippen LogP contribution in [0.2, 0.25) is 0 Å². The van der Waals surface area contributed by atoms with Crippen molar-refractivity contribution in [2.75, 3.05) is 51.1 Å². The summed E-state index contributed by atoms with van der Waals surface area (Å²) in [7, 11) is 0. The highest BCUT2D eigenvalue weighted by atomic mass is 16.2. The fourth-order valence-corrected chi connectivity index (χ4v) is 3.38. The van der Waals surface area contributed by atoms with Crippen LogP contribution in [0.4, 0.5) is 5.69 Å². The smallest absolute Gasteiger partial charge is 0.279 e. The van der Waals surface area contributed by atoms with Gasteiger partial charge >= 0.3 is 0 Å². The van der Waals surface area contributed by atoms with Crippen LogP contribution in [0.25, 0.3) is 0 Å². The minimum absolute atomic E-state index is 0.0710. The summed E-state index contributed by atoms with van der Waals surface area (Å²) < 4.78 is 0. The van der Waals surface area contributed by atoms with E-state index < -0.39 is 0 Å². The number of anilines is 1. The van der Waals surface area contributed by atoms with Crippen LogP contribution in [0, 0.1) is 0 Å². The minimum atomic E-state index is 0.0710. The average molecular weight is 363 g/mol. The lowest BCUT2D eigenvalue weighted by Gasteiger charge is -2.29. The molecule has 0 saturated carbocycles. The Labute approximate surface area is 156 Å². The molecule has 1 aromatic carbocycles. The van der Waals surface area contributed by atoms with Crippen LogP contribution in [-0.2, 0) is 16.0 Å². The molecule has 26 heavy (non-hydrogen) atoms. The maximum atomic E-state index is 12.4. The maximum Gasteiger partial charge on any atom is 0.279 e. The van der Waals surface area contributed by atoms with Crippen molar-refractivity contribution in [2.45, 2.75) is 33.1 Å². The highest BCUT2D eigenvalue weighted by Crippen LogP contribution is 2.14. The van der Waals surface area contributed by atoms with Crippen molar-refractivity contribution in [3.63, 3.8) is 0 Å². The van der Waals surface area contributed by atoms with Crippen molar-refractivity contribution >= 4 is 17.5 Å². The molecule has 144 valence electrons. The molecule has 0 aliphatic carbocycles. The maximum absolute atomic E-state index is 12.4. The van der Waals surface area contributed by atoms with Gasteiger partial charge in [-0.05, 0) is 24.5 Å². The number of benzene rings is 1. The van der Waals surface area contributed by atoms with Gasteiger partial charge in [0.05, 0.1) is 0 Å². The Morgan fingerprint density at radius 2 is 1.58 bits per heavy atom. The summed E-state index contributed by atoms with van der Waals surface area (Å²) in [4.78, 5) is 26.9. The van der Waals surface area contributed by atoms with E-state index in [1.807, 2.05) is 18.2 Å². The van der Waals surface area contributed by atoms with E-state index in [0.717, 1.165) is 57.7 Å². The quantitative estimate of drug-likeness (QED) is 0.421. The van der Waals surface area contributed by atoms with E-state index in [0.29, 0.717) is 13.1 Å². The topological polar surface area (TPSA) is 67.1 Å². The van der Waals surface area contributed by atoms with Gasteiger partial charge in [0.15, 0.2) is 13.1 Å². The van der Waals surface area contributed by atoms with Crippen LogP contribution < -0.4 is 20.4 Å². The molecule has 6 heteroatoms. The van der Waals surface area contributed by atoms with Crippen molar-refractivity contribution in [2.24, 2.45) is 0 Å². The zero-order chi connectivity index (χ0) is 18.8. The van der Waals surface area contributed by atoms with E-state index in [1.165, 1.54) is 15.4 Å².